The number of hydrogen-bond acceptors (Lipinski definition) is 5. The minimum Gasteiger partial charge on any atom is -0.452 e. The van der Waals surface area contributed by atoms with Gasteiger partial charge in [0.2, 0.25) is 0 Å². The number of carbonyl (C=O) groups is 1. The molecule has 5 nitrogen and oxygen atoms in total. The van der Waals surface area contributed by atoms with Gasteiger partial charge in [0, 0.05) is 14.2 Å². The van der Waals surface area contributed by atoms with Crippen LogP contribution in [0.5, 0.6) is 0 Å². The van der Waals surface area contributed by atoms with Crippen molar-refractivity contribution in [2.24, 2.45) is 0 Å². The zero-order chi connectivity index (χ0) is 11.0. The van der Waals surface area contributed by atoms with Crippen molar-refractivity contribution in [3.8, 4) is 0 Å². The van der Waals surface area contributed by atoms with Crippen LogP contribution < -0.4 is 0 Å². The molecule has 1 rings (SSSR count). The second-order valence-electron chi connectivity index (χ2n) is 3.74. The van der Waals surface area contributed by atoms with E-state index in [2.05, 4.69) is 0 Å². The molecule has 1 aliphatic rings. The molecule has 1 saturated heterocycles. The molecule has 0 aliphatic carbocycles. The second kappa shape index (κ2) is 3.49. The Bertz CT molecular complexity index is 241. The molecule has 3 atom stereocenters. The van der Waals surface area contributed by atoms with Crippen molar-refractivity contribution in [1.29, 1.82) is 0 Å². The number of hydrogen-bond donors (Lipinski definition) is 1. The van der Waals surface area contributed by atoms with E-state index in [9.17, 15) is 9.90 Å². The van der Waals surface area contributed by atoms with E-state index in [-0.39, 0.29) is 6.61 Å². The Morgan fingerprint density at radius 1 is 1.50 bits per heavy atom. The lowest BCUT2D eigenvalue weighted by molar-refractivity contribution is -0.167. The molecule has 1 fully saturated rings. The summed E-state index contributed by atoms with van der Waals surface area (Å²) in [6, 6.07) is 0. The predicted molar refractivity (Wildman–Crippen MR) is 47.8 cm³/mol. The van der Waals surface area contributed by atoms with Crippen LogP contribution in [0.3, 0.4) is 0 Å². The van der Waals surface area contributed by atoms with Gasteiger partial charge in [0.1, 0.15) is 5.60 Å². The van der Waals surface area contributed by atoms with E-state index in [1.807, 2.05) is 0 Å². The Hall–Kier alpha value is -0.650. The summed E-state index contributed by atoms with van der Waals surface area (Å²) in [6.07, 6.45) is -0.801. The molecule has 0 aromatic rings. The normalized spacial score (nSPS) is 42.6. The fraction of sp³-hybridized carbons (Fsp3) is 0.889. The lowest BCUT2D eigenvalue weighted by Crippen LogP contribution is -2.56. The van der Waals surface area contributed by atoms with E-state index in [1.165, 1.54) is 14.2 Å². The van der Waals surface area contributed by atoms with Crippen molar-refractivity contribution < 1.29 is 24.1 Å². The minimum absolute atomic E-state index is 0.303. The number of methoxy groups -OCH3 is 2. The number of aliphatic hydroxyl groups is 1. The minimum atomic E-state index is -1.06. The summed E-state index contributed by atoms with van der Waals surface area (Å²) in [5.74, 6) is -0.506. The Morgan fingerprint density at radius 2 is 2.07 bits per heavy atom. The molecule has 0 spiro atoms. The zero-order valence-electron chi connectivity index (χ0n) is 8.86. The van der Waals surface area contributed by atoms with Gasteiger partial charge in [0.25, 0.3) is 0 Å². The van der Waals surface area contributed by atoms with E-state index in [4.69, 9.17) is 14.2 Å². The molecule has 1 N–H and O–H groups in total. The third kappa shape index (κ3) is 1.24. The maximum Gasteiger partial charge on any atom is 0.339 e. The van der Waals surface area contributed by atoms with Crippen molar-refractivity contribution in [1.82, 2.24) is 0 Å². The van der Waals surface area contributed by atoms with Crippen LogP contribution >= 0.6 is 0 Å². The van der Waals surface area contributed by atoms with Gasteiger partial charge in [-0.05, 0) is 13.8 Å². The van der Waals surface area contributed by atoms with Gasteiger partial charge in [-0.1, -0.05) is 0 Å². The highest BCUT2D eigenvalue weighted by Crippen LogP contribution is 2.40. The van der Waals surface area contributed by atoms with E-state index < -0.39 is 23.3 Å². The highest BCUT2D eigenvalue weighted by Gasteiger charge is 2.63. The standard InChI is InChI=1S/C9H16O5/c1-8(5-10)9(2,13-4)6(12-3)7(11)14-8/h6,10H,5H2,1-4H3/t6?,8-,9-/m1/s1. The first-order valence-corrected chi connectivity index (χ1v) is 4.37. The average Bonchev–Trinajstić information content (AvgIpc) is 2.36. The zero-order valence-corrected chi connectivity index (χ0v) is 8.86. The van der Waals surface area contributed by atoms with E-state index in [1.54, 1.807) is 13.8 Å². The first-order valence-electron chi connectivity index (χ1n) is 4.37. The van der Waals surface area contributed by atoms with Crippen molar-refractivity contribution in [3.63, 3.8) is 0 Å². The molecule has 5 heteroatoms. The van der Waals surface area contributed by atoms with Gasteiger partial charge >= 0.3 is 5.97 Å². The summed E-state index contributed by atoms with van der Waals surface area (Å²) < 4.78 is 15.3. The van der Waals surface area contributed by atoms with Crippen LogP contribution in [0.15, 0.2) is 0 Å². The van der Waals surface area contributed by atoms with Crippen LogP contribution in [0.4, 0.5) is 0 Å². The molecule has 82 valence electrons. The summed E-state index contributed by atoms with van der Waals surface area (Å²) in [5, 5.41) is 9.21. The van der Waals surface area contributed by atoms with Crippen LogP contribution in [0, 0.1) is 0 Å². The summed E-state index contributed by atoms with van der Waals surface area (Å²) in [4.78, 5) is 11.4. The summed E-state index contributed by atoms with van der Waals surface area (Å²) >= 11 is 0. The molecule has 0 saturated carbocycles. The monoisotopic (exact) mass is 204 g/mol. The molecule has 14 heavy (non-hydrogen) atoms. The topological polar surface area (TPSA) is 65.0 Å². The van der Waals surface area contributed by atoms with E-state index in [0.29, 0.717) is 0 Å². The van der Waals surface area contributed by atoms with Crippen LogP contribution in [0.25, 0.3) is 0 Å². The fourth-order valence-electron chi connectivity index (χ4n) is 1.71. The van der Waals surface area contributed by atoms with E-state index in [0.717, 1.165) is 0 Å². The summed E-state index contributed by atoms with van der Waals surface area (Å²) in [7, 11) is 2.87. The number of rotatable bonds is 3. The number of ether oxygens (including phenoxy) is 3. The smallest absolute Gasteiger partial charge is 0.339 e. The summed E-state index contributed by atoms with van der Waals surface area (Å²) in [5.41, 5.74) is -2.02. The Morgan fingerprint density at radius 3 is 2.43 bits per heavy atom. The predicted octanol–water partition coefficient (Wildman–Crippen LogP) is -0.286. The molecule has 1 aliphatic heterocycles. The number of aliphatic hydroxyl groups excluding tert-OH is 1. The van der Waals surface area contributed by atoms with Gasteiger partial charge < -0.3 is 19.3 Å². The first kappa shape index (κ1) is 11.4. The Labute approximate surface area is 82.9 Å². The Balaban J connectivity index is 3.09. The SMILES string of the molecule is COC1C(=O)O[C@](C)(CO)[C@]1(C)OC. The van der Waals surface area contributed by atoms with Gasteiger partial charge in [-0.25, -0.2) is 4.79 Å². The van der Waals surface area contributed by atoms with Gasteiger partial charge in [-0.2, -0.15) is 0 Å². The summed E-state index contributed by atoms with van der Waals surface area (Å²) in [6.45, 7) is 3.00. The molecule has 1 unspecified atom stereocenters. The maximum absolute atomic E-state index is 11.4. The van der Waals surface area contributed by atoms with Crippen molar-refractivity contribution in [2.75, 3.05) is 20.8 Å². The third-order valence-corrected chi connectivity index (χ3v) is 3.05. The molecular weight excluding hydrogens is 188 g/mol. The maximum atomic E-state index is 11.4. The highest BCUT2D eigenvalue weighted by molar-refractivity contribution is 5.80. The number of esters is 1. The van der Waals surface area contributed by atoms with Crippen molar-refractivity contribution in [2.45, 2.75) is 31.2 Å². The lowest BCUT2D eigenvalue weighted by Gasteiger charge is -2.37. The highest BCUT2D eigenvalue weighted by atomic mass is 16.6. The second-order valence-corrected chi connectivity index (χ2v) is 3.74. The van der Waals surface area contributed by atoms with Gasteiger partial charge in [-0.15, -0.1) is 0 Å². The van der Waals surface area contributed by atoms with Crippen LogP contribution in [-0.2, 0) is 19.0 Å². The van der Waals surface area contributed by atoms with Crippen LogP contribution in [0.1, 0.15) is 13.8 Å². The van der Waals surface area contributed by atoms with Gasteiger partial charge in [-0.3, -0.25) is 0 Å². The van der Waals surface area contributed by atoms with E-state index >= 15 is 0 Å². The number of carbonyl (C=O) groups excluding carboxylic acids is 1. The van der Waals surface area contributed by atoms with Gasteiger partial charge in [0.05, 0.1) is 6.61 Å². The van der Waals surface area contributed by atoms with Crippen molar-refractivity contribution in [3.05, 3.63) is 0 Å². The molecular formula is C9H16O5. The molecule has 0 bridgehead atoms. The fourth-order valence-corrected chi connectivity index (χ4v) is 1.71. The quantitative estimate of drug-likeness (QED) is 0.640. The molecule has 0 radical (unpaired) electrons. The molecule has 0 aromatic carbocycles. The molecule has 0 amide bonds. The van der Waals surface area contributed by atoms with Crippen molar-refractivity contribution >= 4 is 5.97 Å². The lowest BCUT2D eigenvalue weighted by atomic mass is 9.84. The third-order valence-electron chi connectivity index (χ3n) is 3.05. The average molecular weight is 204 g/mol. The largest absolute Gasteiger partial charge is 0.452 e. The first-order chi connectivity index (χ1) is 6.45. The molecule has 1 heterocycles. The van der Waals surface area contributed by atoms with Gasteiger partial charge in [0.15, 0.2) is 11.7 Å². The molecule has 0 aromatic heterocycles. The Kier molecular flexibility index (Phi) is 2.85. The van der Waals surface area contributed by atoms with Crippen LogP contribution in [-0.4, -0.2) is 49.2 Å². The number of cyclic esters (lactones) is 1. The van der Waals surface area contributed by atoms with Crippen LogP contribution in [0.2, 0.25) is 0 Å².